The minimum atomic E-state index is -0.284. The number of aryl methyl sites for hydroxylation is 1. The highest BCUT2D eigenvalue weighted by Gasteiger charge is 2.21. The number of aromatic amines is 1. The molecule has 2 aromatic heterocycles. The Kier molecular flexibility index (Phi) is 4.19. The second-order valence-corrected chi connectivity index (χ2v) is 6.61. The van der Waals surface area contributed by atoms with Crippen molar-refractivity contribution in [3.8, 4) is 5.69 Å². The van der Waals surface area contributed by atoms with E-state index >= 15 is 0 Å². The van der Waals surface area contributed by atoms with Crippen LogP contribution >= 0.6 is 0 Å². The Hall–Kier alpha value is -3.48. The molecule has 27 heavy (non-hydrogen) atoms. The molecule has 0 spiro atoms. The number of hydrogen-bond acceptors (Lipinski definition) is 4. The van der Waals surface area contributed by atoms with Gasteiger partial charge in [-0.15, -0.1) is 5.10 Å². The van der Waals surface area contributed by atoms with Crippen LogP contribution in [-0.2, 0) is 0 Å². The third-order valence-corrected chi connectivity index (χ3v) is 4.52. The van der Waals surface area contributed by atoms with Crippen LogP contribution in [-0.4, -0.2) is 30.9 Å². The molecule has 0 aliphatic rings. The average Bonchev–Trinajstić information content (AvgIpc) is 3.25. The van der Waals surface area contributed by atoms with Crippen LogP contribution in [0.3, 0.4) is 0 Å². The first-order valence-electron chi connectivity index (χ1n) is 8.78. The van der Waals surface area contributed by atoms with Crippen molar-refractivity contribution in [1.82, 2.24) is 30.3 Å². The molecule has 4 rings (SSSR count). The molecule has 136 valence electrons. The molecule has 0 aliphatic carbocycles. The Labute approximate surface area is 156 Å². The van der Waals surface area contributed by atoms with Gasteiger partial charge in [0.15, 0.2) is 5.69 Å². The predicted octanol–water partition coefficient (Wildman–Crippen LogP) is 3.25. The largest absolute Gasteiger partial charge is 0.341 e. The first-order valence-corrected chi connectivity index (χ1v) is 8.78. The molecule has 0 bridgehead atoms. The number of benzene rings is 2. The minimum Gasteiger partial charge on any atom is -0.341 e. The lowest BCUT2D eigenvalue weighted by Crippen LogP contribution is -2.28. The second kappa shape index (κ2) is 6.68. The first kappa shape index (κ1) is 17.0. The molecular weight excluding hydrogens is 340 g/mol. The van der Waals surface area contributed by atoms with E-state index in [9.17, 15) is 4.79 Å². The number of nitrogens with one attached hydrogen (secondary N) is 2. The fourth-order valence-electron chi connectivity index (χ4n) is 3.05. The van der Waals surface area contributed by atoms with Crippen molar-refractivity contribution in [3.05, 3.63) is 71.3 Å². The van der Waals surface area contributed by atoms with Gasteiger partial charge in [0.2, 0.25) is 0 Å². The van der Waals surface area contributed by atoms with Gasteiger partial charge in [-0.2, -0.15) is 0 Å². The van der Waals surface area contributed by atoms with Crippen LogP contribution in [0.4, 0.5) is 0 Å². The number of imidazole rings is 1. The number of hydrogen-bond donors (Lipinski definition) is 2. The lowest BCUT2D eigenvalue weighted by Gasteiger charge is -2.10. The van der Waals surface area contributed by atoms with Crippen molar-refractivity contribution in [3.63, 3.8) is 0 Å². The Morgan fingerprint density at radius 2 is 1.96 bits per heavy atom. The Morgan fingerprint density at radius 1 is 1.15 bits per heavy atom. The maximum Gasteiger partial charge on any atom is 0.274 e. The number of nitrogens with zero attached hydrogens (tertiary/aromatic N) is 4. The van der Waals surface area contributed by atoms with Crippen molar-refractivity contribution in [2.24, 2.45) is 0 Å². The van der Waals surface area contributed by atoms with Gasteiger partial charge in [0.25, 0.3) is 5.91 Å². The fourth-order valence-corrected chi connectivity index (χ4v) is 3.05. The van der Waals surface area contributed by atoms with Crippen LogP contribution in [0, 0.1) is 13.8 Å². The summed E-state index contributed by atoms with van der Waals surface area (Å²) in [6.07, 6.45) is 0. The van der Waals surface area contributed by atoms with Crippen molar-refractivity contribution >= 4 is 16.9 Å². The van der Waals surface area contributed by atoms with Crippen molar-refractivity contribution in [2.45, 2.75) is 26.8 Å². The van der Waals surface area contributed by atoms with Crippen LogP contribution in [0.25, 0.3) is 16.7 Å². The number of fused-ring (bicyclic) bond motifs is 1. The summed E-state index contributed by atoms with van der Waals surface area (Å²) in [6.45, 7) is 5.73. The number of carbonyl (C=O) groups excluding carboxylic acids is 1. The minimum absolute atomic E-state index is 0.278. The quantitative estimate of drug-likeness (QED) is 0.585. The fraction of sp³-hybridized carbons (Fsp3) is 0.200. The van der Waals surface area contributed by atoms with E-state index < -0.39 is 0 Å². The van der Waals surface area contributed by atoms with Crippen molar-refractivity contribution < 1.29 is 4.79 Å². The van der Waals surface area contributed by atoms with E-state index in [0.29, 0.717) is 17.2 Å². The monoisotopic (exact) mass is 360 g/mol. The molecule has 0 saturated carbocycles. The Balaban J connectivity index is 1.56. The van der Waals surface area contributed by atoms with E-state index in [4.69, 9.17) is 0 Å². The van der Waals surface area contributed by atoms with Crippen molar-refractivity contribution in [2.75, 3.05) is 0 Å². The van der Waals surface area contributed by atoms with E-state index in [1.54, 1.807) is 4.68 Å². The number of carbonyl (C=O) groups is 1. The second-order valence-electron chi connectivity index (χ2n) is 6.61. The molecular formula is C20H20N6O. The summed E-state index contributed by atoms with van der Waals surface area (Å²) in [5.41, 5.74) is 4.80. The number of para-hydroxylation sites is 2. The SMILES string of the molecule is Cc1cccc(-n2nnc(C(=O)NC(C)c3nc4ccccc4[nH]3)c2C)c1. The zero-order valence-electron chi connectivity index (χ0n) is 15.4. The van der Waals surface area contributed by atoms with Gasteiger partial charge in [-0.05, 0) is 50.6 Å². The van der Waals surface area contributed by atoms with E-state index in [1.165, 1.54) is 0 Å². The van der Waals surface area contributed by atoms with Crippen molar-refractivity contribution in [1.29, 1.82) is 0 Å². The van der Waals surface area contributed by atoms with E-state index in [1.807, 2.05) is 69.3 Å². The van der Waals surface area contributed by atoms with E-state index in [-0.39, 0.29) is 11.9 Å². The van der Waals surface area contributed by atoms with Crippen LogP contribution in [0.5, 0.6) is 0 Å². The van der Waals surface area contributed by atoms with Gasteiger partial charge >= 0.3 is 0 Å². The van der Waals surface area contributed by atoms with Crippen LogP contribution in [0.2, 0.25) is 0 Å². The molecule has 4 aromatic rings. The third-order valence-electron chi connectivity index (χ3n) is 4.52. The van der Waals surface area contributed by atoms with Gasteiger partial charge in [-0.1, -0.05) is 29.5 Å². The summed E-state index contributed by atoms with van der Waals surface area (Å²) in [5, 5.41) is 11.2. The molecule has 7 heteroatoms. The van der Waals surface area contributed by atoms with Gasteiger partial charge in [-0.3, -0.25) is 4.79 Å². The standard InChI is InChI=1S/C20H20N6O/c1-12-7-6-8-15(11-12)26-14(3)18(24-25-26)20(27)21-13(2)19-22-16-9-4-5-10-17(16)23-19/h4-11,13H,1-3H3,(H,21,27)(H,22,23). The molecule has 0 radical (unpaired) electrons. The van der Waals surface area contributed by atoms with Gasteiger partial charge in [0, 0.05) is 0 Å². The number of aromatic nitrogens is 5. The summed E-state index contributed by atoms with van der Waals surface area (Å²) in [5.74, 6) is 0.424. The first-order chi connectivity index (χ1) is 13.0. The van der Waals surface area contributed by atoms with Gasteiger partial charge in [0.05, 0.1) is 28.5 Å². The molecule has 2 aromatic carbocycles. The lowest BCUT2D eigenvalue weighted by molar-refractivity contribution is 0.0932. The normalized spacial score (nSPS) is 12.3. The average molecular weight is 360 g/mol. The summed E-state index contributed by atoms with van der Waals surface area (Å²) in [4.78, 5) is 20.5. The molecule has 2 N–H and O–H groups in total. The van der Waals surface area contributed by atoms with Gasteiger partial charge in [-0.25, -0.2) is 9.67 Å². The summed E-state index contributed by atoms with van der Waals surface area (Å²) < 4.78 is 1.67. The number of rotatable bonds is 4. The smallest absolute Gasteiger partial charge is 0.274 e. The zero-order valence-corrected chi connectivity index (χ0v) is 15.4. The molecule has 1 unspecified atom stereocenters. The van der Waals surface area contributed by atoms with E-state index in [2.05, 4.69) is 25.6 Å². The molecule has 2 heterocycles. The number of H-pyrrole nitrogens is 1. The maximum absolute atomic E-state index is 12.7. The van der Waals surface area contributed by atoms with Crippen LogP contribution in [0.15, 0.2) is 48.5 Å². The van der Waals surface area contributed by atoms with Gasteiger partial charge < -0.3 is 10.3 Å². The lowest BCUT2D eigenvalue weighted by atomic mass is 10.2. The summed E-state index contributed by atoms with van der Waals surface area (Å²) in [6, 6.07) is 15.4. The maximum atomic E-state index is 12.7. The Morgan fingerprint density at radius 3 is 2.74 bits per heavy atom. The molecule has 0 fully saturated rings. The third kappa shape index (κ3) is 3.19. The highest BCUT2D eigenvalue weighted by Crippen LogP contribution is 2.17. The molecule has 7 nitrogen and oxygen atoms in total. The topological polar surface area (TPSA) is 88.5 Å². The number of amides is 1. The van der Waals surface area contributed by atoms with Gasteiger partial charge in [0.1, 0.15) is 5.82 Å². The predicted molar refractivity (Wildman–Crippen MR) is 103 cm³/mol. The highest BCUT2D eigenvalue weighted by molar-refractivity contribution is 5.93. The molecule has 1 atom stereocenters. The van der Waals surface area contributed by atoms with E-state index in [0.717, 1.165) is 22.3 Å². The molecule has 0 saturated heterocycles. The zero-order chi connectivity index (χ0) is 19.0. The molecule has 0 aliphatic heterocycles. The Bertz CT molecular complexity index is 1090. The summed E-state index contributed by atoms with van der Waals surface area (Å²) in [7, 11) is 0. The summed E-state index contributed by atoms with van der Waals surface area (Å²) >= 11 is 0. The highest BCUT2D eigenvalue weighted by atomic mass is 16.2. The van der Waals surface area contributed by atoms with Crippen LogP contribution < -0.4 is 5.32 Å². The van der Waals surface area contributed by atoms with Crippen LogP contribution in [0.1, 0.15) is 40.5 Å². The molecule has 1 amide bonds.